The van der Waals surface area contributed by atoms with Gasteiger partial charge in [-0.05, 0) is 65.4 Å². The molecule has 1 aliphatic heterocycles. The summed E-state index contributed by atoms with van der Waals surface area (Å²) >= 11 is 1.96. The summed E-state index contributed by atoms with van der Waals surface area (Å²) in [4.78, 5) is 25.5. The van der Waals surface area contributed by atoms with E-state index >= 15 is 0 Å². The van der Waals surface area contributed by atoms with Crippen LogP contribution >= 0.6 is 22.6 Å². The number of allylic oxidation sites excluding steroid dienone is 4. The second-order valence-electron chi connectivity index (χ2n) is 7.02. The number of ketones is 1. The number of carbonyl (C=O) groups excluding carboxylic acids is 2. The number of benzene rings is 2. The fraction of sp³-hybridized carbons (Fsp3) is 0.167. The molecule has 2 aromatic carbocycles. The molecule has 0 saturated heterocycles. The van der Waals surface area contributed by atoms with E-state index < -0.39 is 5.83 Å². The molecule has 3 rings (SSSR count). The number of aliphatic hydroxyl groups is 1. The second kappa shape index (κ2) is 11.7. The van der Waals surface area contributed by atoms with E-state index in [-0.39, 0.29) is 31.2 Å². The van der Waals surface area contributed by atoms with Crippen LogP contribution in [0.3, 0.4) is 0 Å². The second-order valence-corrected chi connectivity index (χ2v) is 8.18. The van der Waals surface area contributed by atoms with Crippen LogP contribution in [0.2, 0.25) is 0 Å². The minimum Gasteiger partial charge on any atom is -0.488 e. The highest BCUT2D eigenvalue weighted by molar-refractivity contribution is 14.1. The molecule has 0 bridgehead atoms. The smallest absolute Gasteiger partial charge is 0.251 e. The van der Waals surface area contributed by atoms with Gasteiger partial charge in [-0.15, -0.1) is 0 Å². The molecule has 9 heteroatoms. The molecule has 172 valence electrons. The lowest BCUT2D eigenvalue weighted by Crippen LogP contribution is -2.25. The number of hydrogen-bond acceptors (Lipinski definition) is 5. The van der Waals surface area contributed by atoms with Crippen molar-refractivity contribution >= 4 is 40.0 Å². The van der Waals surface area contributed by atoms with Gasteiger partial charge in [-0.1, -0.05) is 6.07 Å². The SMILES string of the molecule is O=C(NCCCO)c1ccc2c(c1)C(=O)c1ccc(N/C(I)=C/C=C(F)\C=C\F)cc1OC2. The van der Waals surface area contributed by atoms with E-state index in [9.17, 15) is 18.4 Å². The normalized spacial score (nSPS) is 13.8. The van der Waals surface area contributed by atoms with Gasteiger partial charge >= 0.3 is 0 Å². The van der Waals surface area contributed by atoms with E-state index in [1.807, 2.05) is 22.6 Å². The first-order valence-electron chi connectivity index (χ1n) is 10.0. The lowest BCUT2D eigenvalue weighted by molar-refractivity contribution is 0.0951. The average molecular weight is 566 g/mol. The van der Waals surface area contributed by atoms with Crippen LogP contribution in [0.5, 0.6) is 5.75 Å². The molecule has 0 saturated carbocycles. The van der Waals surface area contributed by atoms with Crippen LogP contribution in [-0.2, 0) is 6.61 Å². The molecular formula is C24H21F2IN2O4. The predicted octanol–water partition coefficient (Wildman–Crippen LogP) is 4.95. The summed E-state index contributed by atoms with van der Waals surface area (Å²) in [6, 6.07) is 9.84. The number of halogens is 3. The average Bonchev–Trinajstić information content (AvgIpc) is 2.94. The van der Waals surface area contributed by atoms with Crippen molar-refractivity contribution in [2.45, 2.75) is 13.0 Å². The number of nitrogens with one attached hydrogen (secondary N) is 2. The molecule has 0 unspecified atom stereocenters. The summed E-state index contributed by atoms with van der Waals surface area (Å²) in [6.45, 7) is 0.470. The van der Waals surface area contributed by atoms with Crippen molar-refractivity contribution in [1.29, 1.82) is 0 Å². The van der Waals surface area contributed by atoms with Crippen LogP contribution in [0.15, 0.2) is 70.5 Å². The Morgan fingerprint density at radius 1 is 1.18 bits per heavy atom. The van der Waals surface area contributed by atoms with Crippen LogP contribution in [0.4, 0.5) is 14.5 Å². The monoisotopic (exact) mass is 566 g/mol. The number of aliphatic hydroxyl groups excluding tert-OH is 1. The minimum absolute atomic E-state index is 0.0210. The van der Waals surface area contributed by atoms with E-state index in [1.165, 1.54) is 6.08 Å². The molecule has 0 aliphatic carbocycles. The maximum absolute atomic E-state index is 13.3. The number of fused-ring (bicyclic) bond motifs is 2. The van der Waals surface area contributed by atoms with Gasteiger partial charge in [0.1, 0.15) is 18.2 Å². The third-order valence-corrected chi connectivity index (χ3v) is 5.35. The van der Waals surface area contributed by atoms with E-state index in [0.29, 0.717) is 56.4 Å². The maximum Gasteiger partial charge on any atom is 0.251 e. The van der Waals surface area contributed by atoms with Crippen molar-refractivity contribution < 1.29 is 28.2 Å². The Bertz CT molecular complexity index is 1150. The van der Waals surface area contributed by atoms with E-state index in [2.05, 4.69) is 10.6 Å². The largest absolute Gasteiger partial charge is 0.488 e. The lowest BCUT2D eigenvalue weighted by atomic mass is 9.96. The van der Waals surface area contributed by atoms with Crippen molar-refractivity contribution in [1.82, 2.24) is 5.32 Å². The Hall–Kier alpha value is -3.05. The molecule has 0 radical (unpaired) electrons. The van der Waals surface area contributed by atoms with Crippen LogP contribution < -0.4 is 15.4 Å². The molecule has 1 aliphatic rings. The first-order chi connectivity index (χ1) is 15.9. The Labute approximate surface area is 203 Å². The molecule has 0 atom stereocenters. The van der Waals surface area contributed by atoms with E-state index in [4.69, 9.17) is 9.84 Å². The Morgan fingerprint density at radius 2 is 2.00 bits per heavy atom. The van der Waals surface area contributed by atoms with Gasteiger partial charge in [-0.3, -0.25) is 9.59 Å². The van der Waals surface area contributed by atoms with Crippen LogP contribution in [0.1, 0.15) is 38.3 Å². The van der Waals surface area contributed by atoms with Gasteiger partial charge in [-0.2, -0.15) is 0 Å². The maximum atomic E-state index is 13.3. The highest BCUT2D eigenvalue weighted by Crippen LogP contribution is 2.32. The Kier molecular flexibility index (Phi) is 8.72. The zero-order valence-electron chi connectivity index (χ0n) is 17.4. The standard InChI is InChI=1S/C24H21F2IN2O4/c25-9-8-17(26)4-7-22(27)29-18-5-6-19-21(13-18)33-14-16-3-2-15(12-20(16)23(19)31)24(32)28-10-1-11-30/h2-9,12-13,29-30H,1,10-11,14H2,(H,28,32)/b9-8+,17-4+,22-7+. The van der Waals surface area contributed by atoms with Crippen molar-refractivity contribution in [3.05, 3.63) is 92.7 Å². The summed E-state index contributed by atoms with van der Waals surface area (Å²) in [5.41, 5.74) is 2.38. The van der Waals surface area contributed by atoms with Gasteiger partial charge in [0, 0.05) is 47.7 Å². The molecule has 1 amide bonds. The quantitative estimate of drug-likeness (QED) is 0.182. The zero-order chi connectivity index (χ0) is 23.8. The highest BCUT2D eigenvalue weighted by Gasteiger charge is 2.24. The van der Waals surface area contributed by atoms with Gasteiger partial charge in [0.2, 0.25) is 0 Å². The van der Waals surface area contributed by atoms with Crippen LogP contribution in [0.25, 0.3) is 0 Å². The molecule has 2 aromatic rings. The third-order valence-electron chi connectivity index (χ3n) is 4.72. The summed E-state index contributed by atoms with van der Waals surface area (Å²) in [5, 5.41) is 14.6. The van der Waals surface area contributed by atoms with Crippen molar-refractivity contribution in [2.75, 3.05) is 18.5 Å². The van der Waals surface area contributed by atoms with Gasteiger partial charge in [0.15, 0.2) is 5.78 Å². The first kappa shape index (κ1) is 24.6. The van der Waals surface area contributed by atoms with Crippen LogP contribution in [-0.4, -0.2) is 29.9 Å². The number of anilines is 1. The number of carbonyl (C=O) groups is 2. The van der Waals surface area contributed by atoms with Gasteiger partial charge in [0.25, 0.3) is 5.91 Å². The Balaban J connectivity index is 1.81. The molecule has 1 heterocycles. The van der Waals surface area contributed by atoms with Gasteiger partial charge < -0.3 is 20.5 Å². The van der Waals surface area contributed by atoms with E-state index in [0.717, 1.165) is 6.08 Å². The Morgan fingerprint density at radius 3 is 2.76 bits per heavy atom. The summed E-state index contributed by atoms with van der Waals surface area (Å²) in [7, 11) is 0. The highest BCUT2D eigenvalue weighted by atomic mass is 127. The number of ether oxygens (including phenoxy) is 1. The topological polar surface area (TPSA) is 87.7 Å². The fourth-order valence-electron chi connectivity index (χ4n) is 3.09. The number of hydrogen-bond donors (Lipinski definition) is 3. The molecule has 0 spiro atoms. The van der Waals surface area contributed by atoms with Crippen molar-refractivity contribution in [3.8, 4) is 5.75 Å². The number of amides is 1. The zero-order valence-corrected chi connectivity index (χ0v) is 19.6. The molecule has 6 nitrogen and oxygen atoms in total. The minimum atomic E-state index is -0.733. The molecule has 33 heavy (non-hydrogen) atoms. The van der Waals surface area contributed by atoms with Crippen molar-refractivity contribution in [3.63, 3.8) is 0 Å². The number of rotatable bonds is 8. The molecular weight excluding hydrogens is 545 g/mol. The van der Waals surface area contributed by atoms with E-state index in [1.54, 1.807) is 36.4 Å². The first-order valence-corrected chi connectivity index (χ1v) is 11.1. The summed E-state index contributed by atoms with van der Waals surface area (Å²) in [5.74, 6) is -0.940. The van der Waals surface area contributed by atoms with Gasteiger partial charge in [-0.25, -0.2) is 8.78 Å². The molecule has 0 aromatic heterocycles. The lowest BCUT2D eigenvalue weighted by Gasteiger charge is -2.10. The predicted molar refractivity (Wildman–Crippen MR) is 130 cm³/mol. The van der Waals surface area contributed by atoms with Crippen LogP contribution in [0, 0.1) is 0 Å². The van der Waals surface area contributed by atoms with Gasteiger partial charge in [0.05, 0.1) is 15.6 Å². The summed E-state index contributed by atoms with van der Waals surface area (Å²) in [6.07, 6.45) is 3.82. The molecule has 0 fully saturated rings. The van der Waals surface area contributed by atoms with Crippen molar-refractivity contribution in [2.24, 2.45) is 0 Å². The molecule has 3 N–H and O–H groups in total. The third kappa shape index (κ3) is 6.48. The summed E-state index contributed by atoms with van der Waals surface area (Å²) < 4.78 is 31.7. The fourth-order valence-corrected chi connectivity index (χ4v) is 3.58.